The molecule has 0 aliphatic rings. The molecule has 0 spiro atoms. The summed E-state index contributed by atoms with van der Waals surface area (Å²) in [6.45, 7) is 2.12. The molecular weight excluding hydrogens is 232 g/mol. The Hall–Kier alpha value is -1.75. The molecule has 16 heavy (non-hydrogen) atoms. The Morgan fingerprint density at radius 3 is 2.69 bits per heavy atom. The van der Waals surface area contributed by atoms with E-state index in [-0.39, 0.29) is 16.3 Å². The van der Waals surface area contributed by atoms with E-state index >= 15 is 0 Å². The predicted octanol–water partition coefficient (Wildman–Crippen LogP) is 1.26. The molecule has 1 aromatic rings. The second kappa shape index (κ2) is 4.85. The molecule has 1 rings (SSSR count). The largest absolute Gasteiger partial charge is 0.504 e. The number of halogens is 1. The van der Waals surface area contributed by atoms with E-state index in [0.717, 1.165) is 0 Å². The number of likely N-dealkylation sites (N-methyl/N-ethyl adjacent to an activating group) is 1. The van der Waals surface area contributed by atoms with E-state index in [4.69, 9.17) is 22.1 Å². The molecule has 5 nitrogen and oxygen atoms in total. The van der Waals surface area contributed by atoms with Gasteiger partial charge in [0.15, 0.2) is 11.5 Å². The lowest BCUT2D eigenvalue weighted by atomic mass is 10.1. The highest BCUT2D eigenvalue weighted by Crippen LogP contribution is 2.35. The highest BCUT2D eigenvalue weighted by molar-refractivity contribution is 6.48. The van der Waals surface area contributed by atoms with Crippen LogP contribution in [0.1, 0.15) is 12.5 Å². The number of carbonyl (C=O) groups is 1. The fourth-order valence-electron chi connectivity index (χ4n) is 1.12. The number of phenolic OH excluding ortho intramolecular Hbond substituents is 2. The fourth-order valence-corrected chi connectivity index (χ4v) is 1.37. The minimum atomic E-state index is -0.588. The molecule has 0 fully saturated rings. The molecule has 0 aliphatic carbocycles. The standard InChI is InChI=1S/C10H11ClN2O3/c1-2-13-10(16)8(12)5-3-4-6(14)9(15)7(5)11/h3-4,12,14-15H,2H2,1H3,(H,13,16). The van der Waals surface area contributed by atoms with Crippen LogP contribution < -0.4 is 5.32 Å². The summed E-state index contributed by atoms with van der Waals surface area (Å²) >= 11 is 5.71. The van der Waals surface area contributed by atoms with Crippen LogP contribution in [0.2, 0.25) is 5.02 Å². The smallest absolute Gasteiger partial charge is 0.269 e. The Kier molecular flexibility index (Phi) is 3.73. The van der Waals surface area contributed by atoms with Crippen molar-refractivity contribution in [2.75, 3.05) is 6.54 Å². The summed E-state index contributed by atoms with van der Waals surface area (Å²) in [5.74, 6) is -1.51. The van der Waals surface area contributed by atoms with Gasteiger partial charge in [-0.05, 0) is 19.1 Å². The molecule has 0 bridgehead atoms. The lowest BCUT2D eigenvalue weighted by Gasteiger charge is -2.08. The van der Waals surface area contributed by atoms with Crippen LogP contribution in [0, 0.1) is 5.41 Å². The Morgan fingerprint density at radius 2 is 2.12 bits per heavy atom. The molecular formula is C10H11ClN2O3. The van der Waals surface area contributed by atoms with Gasteiger partial charge in [-0.3, -0.25) is 10.2 Å². The van der Waals surface area contributed by atoms with Crippen LogP contribution in [-0.4, -0.2) is 28.4 Å². The summed E-state index contributed by atoms with van der Waals surface area (Å²) < 4.78 is 0. The molecule has 0 unspecified atom stereocenters. The Morgan fingerprint density at radius 1 is 1.50 bits per heavy atom. The first-order valence-corrected chi connectivity index (χ1v) is 4.94. The summed E-state index contributed by atoms with van der Waals surface area (Å²) in [6.07, 6.45) is 0. The molecule has 0 aliphatic heterocycles. The van der Waals surface area contributed by atoms with Gasteiger partial charge in [-0.2, -0.15) is 0 Å². The molecule has 1 aromatic carbocycles. The van der Waals surface area contributed by atoms with E-state index in [9.17, 15) is 9.90 Å². The van der Waals surface area contributed by atoms with Crippen molar-refractivity contribution in [3.63, 3.8) is 0 Å². The summed E-state index contributed by atoms with van der Waals surface area (Å²) in [5, 5.41) is 28.3. The van der Waals surface area contributed by atoms with Crippen LogP contribution >= 0.6 is 11.6 Å². The zero-order valence-corrected chi connectivity index (χ0v) is 9.30. The average Bonchev–Trinajstić information content (AvgIpc) is 2.26. The van der Waals surface area contributed by atoms with E-state index in [0.29, 0.717) is 6.54 Å². The summed E-state index contributed by atoms with van der Waals surface area (Å²) in [7, 11) is 0. The number of nitrogens with one attached hydrogen (secondary N) is 2. The van der Waals surface area contributed by atoms with Gasteiger partial charge in [0.05, 0.1) is 5.02 Å². The monoisotopic (exact) mass is 242 g/mol. The number of rotatable bonds is 3. The third-order valence-corrected chi connectivity index (χ3v) is 2.31. The second-order valence-corrected chi connectivity index (χ2v) is 3.41. The number of amides is 1. The van der Waals surface area contributed by atoms with Crippen molar-refractivity contribution < 1.29 is 15.0 Å². The van der Waals surface area contributed by atoms with Crippen LogP contribution in [0.5, 0.6) is 11.5 Å². The quantitative estimate of drug-likeness (QED) is 0.475. The summed E-state index contributed by atoms with van der Waals surface area (Å²) in [4.78, 5) is 11.4. The summed E-state index contributed by atoms with van der Waals surface area (Å²) in [5.41, 5.74) is -0.287. The van der Waals surface area contributed by atoms with Gasteiger partial charge in [0.25, 0.3) is 5.91 Å². The predicted molar refractivity (Wildman–Crippen MR) is 60.3 cm³/mol. The highest BCUT2D eigenvalue weighted by atomic mass is 35.5. The topological polar surface area (TPSA) is 93.4 Å². The van der Waals surface area contributed by atoms with Gasteiger partial charge in [0.1, 0.15) is 5.71 Å². The second-order valence-electron chi connectivity index (χ2n) is 3.03. The average molecular weight is 243 g/mol. The van der Waals surface area contributed by atoms with Gasteiger partial charge >= 0.3 is 0 Å². The fraction of sp³-hybridized carbons (Fsp3) is 0.200. The first kappa shape index (κ1) is 12.3. The van der Waals surface area contributed by atoms with E-state index in [2.05, 4.69) is 5.32 Å². The maximum atomic E-state index is 11.4. The summed E-state index contributed by atoms with van der Waals surface area (Å²) in [6, 6.07) is 2.47. The Bertz CT molecular complexity index is 446. The van der Waals surface area contributed by atoms with Gasteiger partial charge in [0.2, 0.25) is 0 Å². The van der Waals surface area contributed by atoms with Crippen LogP contribution in [0.3, 0.4) is 0 Å². The minimum absolute atomic E-state index is 0.0721. The molecule has 6 heteroatoms. The molecule has 0 heterocycles. The van der Waals surface area contributed by atoms with Crippen LogP contribution in [0.25, 0.3) is 0 Å². The van der Waals surface area contributed by atoms with E-state index in [1.54, 1.807) is 6.92 Å². The third-order valence-electron chi connectivity index (χ3n) is 1.93. The molecule has 0 radical (unpaired) electrons. The third kappa shape index (κ3) is 2.25. The van der Waals surface area contributed by atoms with Crippen molar-refractivity contribution in [2.45, 2.75) is 6.92 Å². The zero-order valence-electron chi connectivity index (χ0n) is 8.54. The van der Waals surface area contributed by atoms with E-state index in [1.807, 2.05) is 0 Å². The maximum absolute atomic E-state index is 11.4. The van der Waals surface area contributed by atoms with Crippen LogP contribution in [0.15, 0.2) is 12.1 Å². The zero-order chi connectivity index (χ0) is 12.3. The molecule has 0 atom stereocenters. The van der Waals surface area contributed by atoms with Crippen molar-refractivity contribution in [2.24, 2.45) is 0 Å². The molecule has 0 saturated carbocycles. The highest BCUT2D eigenvalue weighted by Gasteiger charge is 2.18. The minimum Gasteiger partial charge on any atom is -0.504 e. The normalized spacial score (nSPS) is 9.88. The van der Waals surface area contributed by atoms with Gasteiger partial charge in [-0.15, -0.1) is 0 Å². The number of carbonyl (C=O) groups excluding carboxylic acids is 1. The first-order chi connectivity index (χ1) is 7.49. The SMILES string of the molecule is CCNC(=O)C(=N)c1ccc(O)c(O)c1Cl. The number of benzene rings is 1. The van der Waals surface area contributed by atoms with Gasteiger partial charge < -0.3 is 15.5 Å². The van der Waals surface area contributed by atoms with Crippen molar-refractivity contribution in [3.8, 4) is 11.5 Å². The lowest BCUT2D eigenvalue weighted by Crippen LogP contribution is -2.30. The van der Waals surface area contributed by atoms with E-state index < -0.39 is 17.4 Å². The molecule has 86 valence electrons. The molecule has 4 N–H and O–H groups in total. The molecule has 1 amide bonds. The Labute approximate surface area is 97.2 Å². The van der Waals surface area contributed by atoms with Crippen molar-refractivity contribution in [1.82, 2.24) is 5.32 Å². The lowest BCUT2D eigenvalue weighted by molar-refractivity contribution is -0.114. The van der Waals surface area contributed by atoms with Crippen LogP contribution in [-0.2, 0) is 4.79 Å². The molecule has 0 saturated heterocycles. The van der Waals surface area contributed by atoms with Gasteiger partial charge in [-0.25, -0.2) is 0 Å². The van der Waals surface area contributed by atoms with Crippen molar-refractivity contribution in [3.05, 3.63) is 22.7 Å². The Balaban J connectivity index is 3.10. The maximum Gasteiger partial charge on any atom is 0.269 e. The van der Waals surface area contributed by atoms with Gasteiger partial charge in [-0.1, -0.05) is 11.6 Å². The number of aromatic hydroxyl groups is 2. The van der Waals surface area contributed by atoms with Crippen molar-refractivity contribution in [1.29, 1.82) is 5.41 Å². The van der Waals surface area contributed by atoms with E-state index in [1.165, 1.54) is 12.1 Å². The number of hydrogen-bond donors (Lipinski definition) is 4. The number of hydrogen-bond acceptors (Lipinski definition) is 4. The first-order valence-electron chi connectivity index (χ1n) is 4.56. The molecule has 0 aromatic heterocycles. The van der Waals surface area contributed by atoms with Crippen molar-refractivity contribution >= 4 is 23.2 Å². The number of phenols is 2. The van der Waals surface area contributed by atoms with Crippen LogP contribution in [0.4, 0.5) is 0 Å². The van der Waals surface area contributed by atoms with Gasteiger partial charge in [0, 0.05) is 12.1 Å².